The molecule has 0 bridgehead atoms. The number of likely N-dealkylation sites (N-methyl/N-ethyl adjacent to an activating group) is 1. The molecule has 0 saturated heterocycles. The zero-order valence-electron chi connectivity index (χ0n) is 14.5. The number of aromatic nitrogens is 2. The zero-order chi connectivity index (χ0) is 18.1. The second kappa shape index (κ2) is 6.72. The van der Waals surface area contributed by atoms with Crippen molar-refractivity contribution in [3.05, 3.63) is 27.6 Å². The maximum Gasteiger partial charge on any atom is 0.268 e. The van der Waals surface area contributed by atoms with Gasteiger partial charge < -0.3 is 15.2 Å². The number of amides is 2. The maximum atomic E-state index is 12.4. The first kappa shape index (κ1) is 18.1. The van der Waals surface area contributed by atoms with E-state index in [2.05, 4.69) is 15.3 Å². The maximum absolute atomic E-state index is 12.4. The van der Waals surface area contributed by atoms with Crippen molar-refractivity contribution in [2.45, 2.75) is 40.3 Å². The van der Waals surface area contributed by atoms with Crippen LogP contribution in [-0.4, -0.2) is 39.8 Å². The van der Waals surface area contributed by atoms with E-state index < -0.39 is 11.5 Å². The minimum atomic E-state index is -0.654. The Hall–Kier alpha value is -2.22. The fraction of sp³-hybridized carbons (Fsp3) is 0.500. The lowest BCUT2D eigenvalue weighted by atomic mass is 9.95. The normalized spacial score (nSPS) is 12.9. The second-order valence-electron chi connectivity index (χ2n) is 6.79. The summed E-state index contributed by atoms with van der Waals surface area (Å²) in [7, 11) is 1.61. The third-order valence-electron chi connectivity index (χ3n) is 3.53. The molecule has 2 rings (SSSR count). The van der Waals surface area contributed by atoms with Crippen LogP contribution < -0.4 is 10.9 Å². The number of nitrogens with zero attached hydrogens (tertiary/aromatic N) is 2. The molecule has 0 aliphatic carbocycles. The van der Waals surface area contributed by atoms with Crippen molar-refractivity contribution in [3.63, 3.8) is 0 Å². The molecule has 1 unspecified atom stereocenters. The summed E-state index contributed by atoms with van der Waals surface area (Å²) in [6, 6.07) is 1.12. The van der Waals surface area contributed by atoms with Crippen molar-refractivity contribution < 1.29 is 9.59 Å². The Morgan fingerprint density at radius 1 is 1.42 bits per heavy atom. The highest BCUT2D eigenvalue weighted by molar-refractivity contribution is 7.17. The van der Waals surface area contributed by atoms with Gasteiger partial charge in [0.15, 0.2) is 0 Å². The molecule has 8 heteroatoms. The molecule has 2 aromatic heterocycles. The molecular formula is C16H22N4O3S. The van der Waals surface area contributed by atoms with Crippen LogP contribution in [0.3, 0.4) is 0 Å². The van der Waals surface area contributed by atoms with Crippen molar-refractivity contribution in [1.29, 1.82) is 0 Å². The first-order valence-corrected chi connectivity index (χ1v) is 8.50. The molecular weight excluding hydrogens is 328 g/mol. The standard InChI is InChI=1S/C16H22N4O3S/c1-9(17-15(23)16(2,3)4)14(22)20(5)8-11-18-10-6-7-24-12(10)13(21)19-11/h6-7,9H,8H2,1-5H3,(H,17,23)(H,18,19,21). The number of carbonyl (C=O) groups is 2. The number of thiophene rings is 1. The third kappa shape index (κ3) is 4.00. The Labute approximate surface area is 144 Å². The van der Waals surface area contributed by atoms with Gasteiger partial charge >= 0.3 is 0 Å². The van der Waals surface area contributed by atoms with E-state index >= 15 is 0 Å². The summed E-state index contributed by atoms with van der Waals surface area (Å²) < 4.78 is 0.568. The minimum Gasteiger partial charge on any atom is -0.344 e. The van der Waals surface area contributed by atoms with Gasteiger partial charge in [0.2, 0.25) is 11.8 Å². The summed E-state index contributed by atoms with van der Waals surface area (Å²) in [6.07, 6.45) is 0. The van der Waals surface area contributed by atoms with Crippen molar-refractivity contribution in [2.75, 3.05) is 7.05 Å². The number of fused-ring (bicyclic) bond motifs is 1. The molecule has 0 aromatic carbocycles. The highest BCUT2D eigenvalue weighted by Gasteiger charge is 2.26. The predicted octanol–water partition coefficient (Wildman–Crippen LogP) is 1.49. The SMILES string of the molecule is CC(NC(=O)C(C)(C)C)C(=O)N(C)Cc1nc2ccsc2c(=O)[nH]1. The molecule has 0 spiro atoms. The van der Waals surface area contributed by atoms with E-state index in [0.717, 1.165) is 0 Å². The van der Waals surface area contributed by atoms with Gasteiger partial charge in [0.05, 0.1) is 12.1 Å². The first-order valence-electron chi connectivity index (χ1n) is 7.62. The van der Waals surface area contributed by atoms with E-state index in [-0.39, 0.29) is 23.9 Å². The van der Waals surface area contributed by atoms with Crippen molar-refractivity contribution in [2.24, 2.45) is 5.41 Å². The molecule has 2 aromatic rings. The largest absolute Gasteiger partial charge is 0.344 e. The van der Waals surface area contributed by atoms with Gasteiger partial charge in [-0.3, -0.25) is 14.4 Å². The lowest BCUT2D eigenvalue weighted by Crippen LogP contribution is -2.48. The second-order valence-corrected chi connectivity index (χ2v) is 7.70. The molecule has 2 N–H and O–H groups in total. The lowest BCUT2D eigenvalue weighted by molar-refractivity contribution is -0.137. The molecule has 24 heavy (non-hydrogen) atoms. The van der Waals surface area contributed by atoms with E-state index in [1.807, 2.05) is 0 Å². The van der Waals surface area contributed by atoms with Gasteiger partial charge in [-0.25, -0.2) is 4.98 Å². The topological polar surface area (TPSA) is 95.2 Å². The first-order chi connectivity index (χ1) is 11.1. The smallest absolute Gasteiger partial charge is 0.268 e. The number of nitrogens with one attached hydrogen (secondary N) is 2. The fourth-order valence-corrected chi connectivity index (χ4v) is 2.83. The number of hydrogen-bond acceptors (Lipinski definition) is 5. The van der Waals surface area contributed by atoms with Gasteiger partial charge in [-0.2, -0.15) is 0 Å². The van der Waals surface area contributed by atoms with Gasteiger partial charge in [-0.1, -0.05) is 20.8 Å². The molecule has 0 radical (unpaired) electrons. The van der Waals surface area contributed by atoms with Crippen LogP contribution in [0.2, 0.25) is 0 Å². The van der Waals surface area contributed by atoms with Gasteiger partial charge in [0.1, 0.15) is 16.6 Å². The number of rotatable bonds is 4. The van der Waals surface area contributed by atoms with E-state index in [4.69, 9.17) is 0 Å². The zero-order valence-corrected chi connectivity index (χ0v) is 15.3. The van der Waals surface area contributed by atoms with Crippen LogP contribution in [0.1, 0.15) is 33.5 Å². The fourth-order valence-electron chi connectivity index (χ4n) is 2.10. The molecule has 2 amide bonds. The minimum absolute atomic E-state index is 0.162. The lowest BCUT2D eigenvalue weighted by Gasteiger charge is -2.25. The highest BCUT2D eigenvalue weighted by Crippen LogP contribution is 2.15. The van der Waals surface area contributed by atoms with Crippen LogP contribution in [-0.2, 0) is 16.1 Å². The van der Waals surface area contributed by atoms with Gasteiger partial charge in [-0.05, 0) is 18.4 Å². The Bertz CT molecular complexity index is 819. The summed E-state index contributed by atoms with van der Waals surface area (Å²) >= 11 is 1.33. The Kier molecular flexibility index (Phi) is 5.08. The molecule has 7 nitrogen and oxygen atoms in total. The number of carbonyl (C=O) groups excluding carboxylic acids is 2. The van der Waals surface area contributed by atoms with Crippen LogP contribution in [0.4, 0.5) is 0 Å². The monoisotopic (exact) mass is 350 g/mol. The molecule has 130 valence electrons. The van der Waals surface area contributed by atoms with Crippen LogP contribution in [0, 0.1) is 5.41 Å². The van der Waals surface area contributed by atoms with E-state index in [9.17, 15) is 14.4 Å². The highest BCUT2D eigenvalue weighted by atomic mass is 32.1. The number of hydrogen-bond donors (Lipinski definition) is 2. The van der Waals surface area contributed by atoms with Crippen molar-refractivity contribution >= 4 is 33.4 Å². The molecule has 0 fully saturated rings. The summed E-state index contributed by atoms with van der Waals surface area (Å²) in [5, 5.41) is 4.50. The molecule has 0 aliphatic heterocycles. The summed E-state index contributed by atoms with van der Waals surface area (Å²) in [5.74, 6) is -0.0280. The number of aromatic amines is 1. The van der Waals surface area contributed by atoms with Gasteiger partial charge in [0, 0.05) is 12.5 Å². The van der Waals surface area contributed by atoms with E-state index in [1.54, 1.807) is 46.2 Å². The van der Waals surface area contributed by atoms with Crippen LogP contribution in [0.5, 0.6) is 0 Å². The summed E-state index contributed by atoms with van der Waals surface area (Å²) in [6.45, 7) is 7.16. The van der Waals surface area contributed by atoms with Gasteiger partial charge in [-0.15, -0.1) is 11.3 Å². The van der Waals surface area contributed by atoms with Crippen LogP contribution in [0.25, 0.3) is 10.2 Å². The Balaban J connectivity index is 2.07. The van der Waals surface area contributed by atoms with Crippen molar-refractivity contribution in [1.82, 2.24) is 20.2 Å². The Morgan fingerprint density at radius 3 is 2.71 bits per heavy atom. The van der Waals surface area contributed by atoms with Crippen LogP contribution in [0.15, 0.2) is 16.2 Å². The molecule has 2 heterocycles. The average Bonchev–Trinajstić information content (AvgIpc) is 2.94. The molecule has 0 saturated carbocycles. The summed E-state index contributed by atoms with van der Waals surface area (Å²) in [4.78, 5) is 44.8. The van der Waals surface area contributed by atoms with Crippen LogP contribution >= 0.6 is 11.3 Å². The molecule has 0 aliphatic rings. The van der Waals surface area contributed by atoms with Gasteiger partial charge in [0.25, 0.3) is 5.56 Å². The van der Waals surface area contributed by atoms with E-state index in [1.165, 1.54) is 16.2 Å². The quantitative estimate of drug-likeness (QED) is 0.873. The Morgan fingerprint density at radius 2 is 2.08 bits per heavy atom. The van der Waals surface area contributed by atoms with E-state index in [0.29, 0.717) is 16.0 Å². The summed E-state index contributed by atoms with van der Waals surface area (Å²) in [5.41, 5.74) is -0.155. The third-order valence-corrected chi connectivity index (χ3v) is 4.43. The average molecular weight is 350 g/mol. The number of H-pyrrole nitrogens is 1. The predicted molar refractivity (Wildman–Crippen MR) is 93.8 cm³/mol. The molecule has 1 atom stereocenters. The van der Waals surface area contributed by atoms with Crippen molar-refractivity contribution in [3.8, 4) is 0 Å².